The lowest BCUT2D eigenvalue weighted by atomic mass is 10.0. The molecule has 4 atom stereocenters. The molecule has 1 aromatic heterocycles. The van der Waals surface area contributed by atoms with Crippen LogP contribution < -0.4 is 14.2 Å². The number of carbonyl (C=O) groups is 1. The van der Waals surface area contributed by atoms with E-state index in [1.165, 1.54) is 18.6 Å². The predicted molar refractivity (Wildman–Crippen MR) is 180 cm³/mol. The maximum absolute atomic E-state index is 14.4. The number of aliphatic hydroxyl groups is 1. The molecule has 2 aromatic carbocycles. The molecule has 0 saturated heterocycles. The molecular formula is C34H49N5O7S. The highest BCUT2D eigenvalue weighted by Crippen LogP contribution is 2.29. The maximum atomic E-state index is 14.4. The van der Waals surface area contributed by atoms with Gasteiger partial charge < -0.3 is 28.8 Å². The Morgan fingerprint density at radius 3 is 2.57 bits per heavy atom. The van der Waals surface area contributed by atoms with Gasteiger partial charge in [0.1, 0.15) is 11.5 Å². The third-order valence-electron chi connectivity index (χ3n) is 8.36. The van der Waals surface area contributed by atoms with E-state index in [0.717, 1.165) is 30.6 Å². The Bertz CT molecular complexity index is 1560. The van der Waals surface area contributed by atoms with E-state index in [0.29, 0.717) is 32.0 Å². The number of amides is 1. The fourth-order valence-corrected chi connectivity index (χ4v) is 6.63. The molecule has 47 heavy (non-hydrogen) atoms. The molecule has 4 rings (SSSR count). The van der Waals surface area contributed by atoms with Crippen molar-refractivity contribution in [1.82, 2.24) is 19.4 Å². The molecule has 0 radical (unpaired) electrons. The summed E-state index contributed by atoms with van der Waals surface area (Å²) >= 11 is 0. The number of fused-ring (bicyclic) bond motifs is 1. The van der Waals surface area contributed by atoms with Gasteiger partial charge in [0.05, 0.1) is 43.9 Å². The summed E-state index contributed by atoms with van der Waals surface area (Å²) in [7, 11) is 1.38. The summed E-state index contributed by atoms with van der Waals surface area (Å²) in [6.07, 6.45) is 4.90. The van der Waals surface area contributed by atoms with Gasteiger partial charge in [-0.1, -0.05) is 19.1 Å². The number of methoxy groups -OCH3 is 1. The molecule has 1 aliphatic heterocycles. The van der Waals surface area contributed by atoms with E-state index < -0.39 is 16.1 Å². The molecule has 0 spiro atoms. The van der Waals surface area contributed by atoms with E-state index in [1.807, 2.05) is 38.2 Å². The predicted octanol–water partition coefficient (Wildman–Crippen LogP) is 4.16. The average Bonchev–Trinajstić information content (AvgIpc) is 3.50. The highest BCUT2D eigenvalue weighted by molar-refractivity contribution is 7.92. The number of nitrogens with one attached hydrogen (secondary N) is 1. The van der Waals surface area contributed by atoms with Gasteiger partial charge in [0.15, 0.2) is 5.03 Å². The molecule has 12 nitrogen and oxygen atoms in total. The minimum absolute atomic E-state index is 0.0941. The Labute approximate surface area is 278 Å². The number of aromatic nitrogens is 2. The topological polar surface area (TPSA) is 135 Å². The summed E-state index contributed by atoms with van der Waals surface area (Å²) in [5, 5.41) is 10.1. The lowest BCUT2D eigenvalue weighted by Crippen LogP contribution is -2.47. The summed E-state index contributed by atoms with van der Waals surface area (Å²) in [5.41, 5.74) is 1.55. The van der Waals surface area contributed by atoms with Crippen molar-refractivity contribution in [2.45, 2.75) is 69.9 Å². The number of aryl methyl sites for hydroxylation is 1. The Hall–Kier alpha value is -3.65. The summed E-state index contributed by atoms with van der Waals surface area (Å²) < 4.78 is 48.2. The van der Waals surface area contributed by atoms with Gasteiger partial charge in [0, 0.05) is 51.1 Å². The van der Waals surface area contributed by atoms with Crippen molar-refractivity contribution in [2.24, 2.45) is 13.0 Å². The molecule has 2 heterocycles. The molecule has 0 unspecified atom stereocenters. The Morgan fingerprint density at radius 2 is 1.91 bits per heavy atom. The van der Waals surface area contributed by atoms with Gasteiger partial charge >= 0.3 is 0 Å². The lowest BCUT2D eigenvalue weighted by Gasteiger charge is -2.36. The van der Waals surface area contributed by atoms with Crippen molar-refractivity contribution in [2.75, 3.05) is 45.2 Å². The van der Waals surface area contributed by atoms with Crippen LogP contribution in [0.1, 0.15) is 56.0 Å². The van der Waals surface area contributed by atoms with Gasteiger partial charge in [-0.25, -0.2) is 4.98 Å². The van der Waals surface area contributed by atoms with E-state index in [9.17, 15) is 18.3 Å². The van der Waals surface area contributed by atoms with Gasteiger partial charge in [-0.15, -0.1) is 0 Å². The first-order chi connectivity index (χ1) is 22.4. The standard InChI is InChI=1S/C34H49N5O7S/c1-24-18-39(25(2)22-40)34(41)30-17-28(36-47(42,43)33-21-38(5)23-35-33)12-15-31(30)46-26(3)9-7-8-16-45-32(24)20-37(4)19-27-10-13-29(44-6)14-11-27/h10-15,17,21,23-26,32,36,40H,7-9,16,18-20,22H2,1-6H3/t24-,25+,26-,32+/m0/s1. The first-order valence-electron chi connectivity index (χ1n) is 16.1. The minimum atomic E-state index is -4.00. The normalized spacial score (nSPS) is 20.6. The highest BCUT2D eigenvalue weighted by atomic mass is 32.2. The third kappa shape index (κ3) is 9.92. The van der Waals surface area contributed by atoms with Crippen LogP contribution in [0, 0.1) is 5.92 Å². The van der Waals surface area contributed by atoms with Crippen LogP contribution >= 0.6 is 0 Å². The zero-order valence-electron chi connectivity index (χ0n) is 28.3. The Morgan fingerprint density at radius 1 is 1.17 bits per heavy atom. The van der Waals surface area contributed by atoms with Crippen molar-refractivity contribution >= 4 is 21.6 Å². The van der Waals surface area contributed by atoms with Gasteiger partial charge in [0.2, 0.25) is 0 Å². The van der Waals surface area contributed by atoms with Crippen LogP contribution in [0.15, 0.2) is 60.0 Å². The second kappa shape index (κ2) is 16.4. The number of hydrogen-bond acceptors (Lipinski definition) is 9. The number of anilines is 1. The number of sulfonamides is 1. The zero-order valence-corrected chi connectivity index (χ0v) is 29.1. The van der Waals surface area contributed by atoms with Crippen LogP contribution in [-0.4, -0.2) is 97.5 Å². The van der Waals surface area contributed by atoms with Crippen LogP contribution in [0.25, 0.3) is 0 Å². The smallest absolute Gasteiger partial charge is 0.280 e. The van der Waals surface area contributed by atoms with Gasteiger partial charge in [-0.05, 0) is 76.1 Å². The van der Waals surface area contributed by atoms with Crippen molar-refractivity contribution in [1.29, 1.82) is 0 Å². The number of rotatable bonds is 10. The van der Waals surface area contributed by atoms with Crippen molar-refractivity contribution in [3.8, 4) is 11.5 Å². The SMILES string of the molecule is COc1ccc(CN(C)C[C@H]2OCCCC[C@H](C)Oc3ccc(NS(=O)(=O)c4cn(C)cn4)cc3C(=O)N([C@H](C)CO)C[C@@H]2C)cc1. The quantitative estimate of drug-likeness (QED) is 0.326. The number of ether oxygens (including phenoxy) is 3. The average molecular weight is 672 g/mol. The second-order valence-electron chi connectivity index (χ2n) is 12.5. The first kappa shape index (κ1) is 36.2. The van der Waals surface area contributed by atoms with E-state index in [-0.39, 0.29) is 46.9 Å². The number of benzene rings is 2. The molecule has 2 N–H and O–H groups in total. The van der Waals surface area contributed by atoms with E-state index in [1.54, 1.807) is 42.7 Å². The number of nitrogens with zero attached hydrogens (tertiary/aromatic N) is 4. The van der Waals surface area contributed by atoms with E-state index in [2.05, 4.69) is 21.5 Å². The molecule has 1 aliphatic rings. The molecule has 0 aliphatic carbocycles. The molecule has 0 saturated carbocycles. The van der Waals surface area contributed by atoms with Gasteiger partial charge in [0.25, 0.3) is 15.9 Å². The molecule has 0 fully saturated rings. The van der Waals surface area contributed by atoms with Crippen molar-refractivity contribution < 1.29 is 32.5 Å². The van der Waals surface area contributed by atoms with Gasteiger partial charge in [-0.3, -0.25) is 14.4 Å². The lowest BCUT2D eigenvalue weighted by molar-refractivity contribution is -0.0177. The van der Waals surface area contributed by atoms with Crippen molar-refractivity contribution in [3.05, 3.63) is 66.1 Å². The summed E-state index contributed by atoms with van der Waals surface area (Å²) in [4.78, 5) is 22.1. The fraction of sp³-hybridized carbons (Fsp3) is 0.529. The maximum Gasteiger partial charge on any atom is 0.280 e. The minimum Gasteiger partial charge on any atom is -0.497 e. The third-order valence-corrected chi connectivity index (χ3v) is 9.63. The Balaban J connectivity index is 1.62. The van der Waals surface area contributed by atoms with Crippen LogP contribution in [0.4, 0.5) is 5.69 Å². The van der Waals surface area contributed by atoms with E-state index >= 15 is 0 Å². The molecular weight excluding hydrogens is 622 g/mol. The van der Waals surface area contributed by atoms with Crippen LogP contribution in [0.5, 0.6) is 11.5 Å². The largest absolute Gasteiger partial charge is 0.497 e. The van der Waals surface area contributed by atoms with E-state index in [4.69, 9.17) is 14.2 Å². The summed E-state index contributed by atoms with van der Waals surface area (Å²) in [6, 6.07) is 12.2. The van der Waals surface area contributed by atoms with Gasteiger partial charge in [-0.2, -0.15) is 8.42 Å². The molecule has 0 bridgehead atoms. The molecule has 13 heteroatoms. The number of imidazole rings is 1. The van der Waals surface area contributed by atoms with Crippen LogP contribution in [-0.2, 0) is 28.4 Å². The second-order valence-corrected chi connectivity index (χ2v) is 14.2. The number of hydrogen-bond donors (Lipinski definition) is 2. The molecule has 258 valence electrons. The number of carbonyl (C=O) groups excluding carboxylic acids is 1. The summed E-state index contributed by atoms with van der Waals surface area (Å²) in [6.45, 7) is 7.78. The molecule has 1 amide bonds. The number of aliphatic hydroxyl groups excluding tert-OH is 1. The monoisotopic (exact) mass is 671 g/mol. The zero-order chi connectivity index (χ0) is 34.1. The Kier molecular flexibility index (Phi) is 12.7. The summed E-state index contributed by atoms with van der Waals surface area (Å²) in [5.74, 6) is 0.696. The van der Waals surface area contributed by atoms with Crippen LogP contribution in [0.2, 0.25) is 0 Å². The fourth-order valence-electron chi connectivity index (χ4n) is 5.60. The number of likely N-dealkylation sites (N-methyl/N-ethyl adjacent to an activating group) is 1. The van der Waals surface area contributed by atoms with Crippen LogP contribution in [0.3, 0.4) is 0 Å². The first-order valence-corrected chi connectivity index (χ1v) is 17.5. The highest BCUT2D eigenvalue weighted by Gasteiger charge is 2.31. The molecule has 3 aromatic rings. The van der Waals surface area contributed by atoms with Crippen molar-refractivity contribution in [3.63, 3.8) is 0 Å².